The van der Waals surface area contributed by atoms with Crippen LogP contribution in [-0.2, 0) is 36.8 Å². The molecule has 3 aliphatic heterocycles. The highest BCUT2D eigenvalue weighted by atomic mass is 19.4. The van der Waals surface area contributed by atoms with Crippen molar-refractivity contribution in [3.05, 3.63) is 89.8 Å². The van der Waals surface area contributed by atoms with E-state index in [1.165, 1.54) is 0 Å². The lowest BCUT2D eigenvalue weighted by molar-refractivity contribution is -0.221. The summed E-state index contributed by atoms with van der Waals surface area (Å²) in [5.41, 5.74) is -4.04. The highest BCUT2D eigenvalue weighted by Gasteiger charge is 2.57. The topological polar surface area (TPSA) is 205 Å². The molecular weight excluding hydrogens is 1060 g/mol. The van der Waals surface area contributed by atoms with Gasteiger partial charge in [-0.15, -0.1) is 0 Å². The number of fused-ring (bicyclic) bond motifs is 2. The molecule has 3 fully saturated rings. The number of pyridine rings is 1. The Bertz CT molecular complexity index is 2760. The second kappa shape index (κ2) is 23.3. The minimum atomic E-state index is -5.23. The van der Waals surface area contributed by atoms with Crippen molar-refractivity contribution in [1.82, 2.24) is 46.0 Å². The summed E-state index contributed by atoms with van der Waals surface area (Å²) in [6, 6.07) is 6.88. The van der Waals surface area contributed by atoms with Crippen molar-refractivity contribution in [2.75, 3.05) is 52.0 Å². The molecule has 4 amide bonds. The fraction of sp³-hybridized carbons (Fsp3) is 0.520. The van der Waals surface area contributed by atoms with Crippen LogP contribution in [-0.4, -0.2) is 156 Å². The second-order valence-electron chi connectivity index (χ2n) is 20.4. The molecule has 0 spiro atoms. The molecule has 3 aliphatic rings. The molecule has 28 heteroatoms. The molecule has 0 unspecified atom stereocenters. The number of alkyl carbamates (subject to hydrolysis) is 2. The number of likely N-dealkylation sites (tertiary alicyclic amines) is 1. The Labute approximate surface area is 440 Å². The number of nitrogens with one attached hydrogen (secondary N) is 4. The first-order valence-corrected chi connectivity index (χ1v) is 24.4. The number of carbonyl (C=O) groups is 4. The van der Waals surface area contributed by atoms with Crippen LogP contribution in [0.25, 0.3) is 22.4 Å². The lowest BCUT2D eigenvalue weighted by atomic mass is 9.82. The number of aliphatic hydroxyl groups excluding tert-OH is 1. The quantitative estimate of drug-likeness (QED) is 0.0475. The number of hydrogen-bond acceptors (Lipinski definition) is 13. The maximum absolute atomic E-state index is 16.0. The van der Waals surface area contributed by atoms with Crippen LogP contribution in [0.3, 0.4) is 0 Å². The predicted molar refractivity (Wildman–Crippen MR) is 258 cm³/mol. The van der Waals surface area contributed by atoms with Gasteiger partial charge < -0.3 is 40.2 Å². The zero-order chi connectivity index (χ0) is 57.2. The molecule has 5 N–H and O–H groups in total. The van der Waals surface area contributed by atoms with Crippen LogP contribution in [0, 0.1) is 22.5 Å². The van der Waals surface area contributed by atoms with E-state index in [2.05, 4.69) is 29.7 Å². The average Bonchev–Trinajstić information content (AvgIpc) is 4.13. The van der Waals surface area contributed by atoms with E-state index in [0.717, 1.165) is 65.0 Å². The maximum atomic E-state index is 16.0. The smallest absolute Gasteiger partial charge is 0.407 e. The van der Waals surface area contributed by atoms with Gasteiger partial charge in [0.1, 0.15) is 29.5 Å². The van der Waals surface area contributed by atoms with Crippen molar-refractivity contribution in [2.24, 2.45) is 10.8 Å². The maximum Gasteiger partial charge on any atom is 0.407 e. The summed E-state index contributed by atoms with van der Waals surface area (Å²) in [7, 11) is 1.61. The number of aromatic nitrogens is 3. The summed E-state index contributed by atoms with van der Waals surface area (Å²) in [5, 5.41) is 22.1. The fourth-order valence-electron chi connectivity index (χ4n) is 9.45. The molecule has 7 rings (SSSR count). The molecule has 3 saturated heterocycles. The second-order valence-corrected chi connectivity index (χ2v) is 20.4. The molecule has 0 aliphatic carbocycles. The number of alkyl halides is 8. The number of methoxy groups -OCH3 is 2. The number of ether oxygens (including phenoxy) is 3. The normalized spacial score (nSPS) is 18.8. The number of amides is 4. The van der Waals surface area contributed by atoms with E-state index in [0.29, 0.717) is 79.7 Å². The van der Waals surface area contributed by atoms with Crippen LogP contribution in [0.2, 0.25) is 0 Å². The lowest BCUT2D eigenvalue weighted by Gasteiger charge is -2.42. The van der Waals surface area contributed by atoms with Crippen LogP contribution < -0.4 is 26.3 Å². The Morgan fingerprint density at radius 1 is 0.769 bits per heavy atom. The molecule has 426 valence electrons. The summed E-state index contributed by atoms with van der Waals surface area (Å²) >= 11 is 0. The third-order valence-corrected chi connectivity index (χ3v) is 14.5. The van der Waals surface area contributed by atoms with E-state index in [9.17, 15) is 59.4 Å². The van der Waals surface area contributed by atoms with Gasteiger partial charge in [0.2, 0.25) is 5.91 Å². The molecule has 4 aromatic rings. The first-order valence-electron chi connectivity index (χ1n) is 24.4. The fourth-order valence-corrected chi connectivity index (χ4v) is 9.45. The van der Waals surface area contributed by atoms with Gasteiger partial charge in [0, 0.05) is 67.3 Å². The van der Waals surface area contributed by atoms with Gasteiger partial charge in [-0.25, -0.2) is 33.0 Å². The third kappa shape index (κ3) is 12.9. The number of carbonyl (C=O) groups excluding carboxylic acids is 4. The highest BCUT2D eigenvalue weighted by molar-refractivity contribution is 5.87. The van der Waals surface area contributed by atoms with E-state index >= 15 is 8.78 Å². The van der Waals surface area contributed by atoms with Crippen molar-refractivity contribution in [3.8, 4) is 22.4 Å². The Hall–Kier alpha value is -6.78. The molecular formula is C50H58F10N10O8. The Kier molecular flexibility index (Phi) is 17.6. The van der Waals surface area contributed by atoms with E-state index in [4.69, 9.17) is 9.72 Å². The van der Waals surface area contributed by atoms with Crippen LogP contribution >= 0.6 is 0 Å². The molecule has 2 aromatic carbocycles. The molecule has 2 aromatic heterocycles. The number of halogens is 10. The average molecular weight is 1120 g/mol. The molecule has 0 saturated carbocycles. The SMILES string of the molecule is COC(=O)N[C@H](C(=O)N[C@@H](Cc1ccc(-c2ccc(N3C[C@H]4C[C@@H]3CN4C3COC3)nc2)cc1)[C@@H](O)CN(Cc1c(F)cc(-c2ccn(C(F)F)n2)cc1F)NC(=O)[C@@H](NC(=O)OC)C(C)(C)C(F)(F)F)C(C)(C)C(F)(F)F. The summed E-state index contributed by atoms with van der Waals surface area (Å²) in [4.78, 5) is 62.4. The predicted octanol–water partition coefficient (Wildman–Crippen LogP) is 6.49. The third-order valence-electron chi connectivity index (χ3n) is 14.5. The van der Waals surface area contributed by atoms with Crippen molar-refractivity contribution < 1.29 is 82.4 Å². The Balaban J connectivity index is 1.20. The zero-order valence-corrected chi connectivity index (χ0v) is 42.9. The first kappa shape index (κ1) is 58.9. The van der Waals surface area contributed by atoms with E-state index in [1.54, 1.807) is 35.8 Å². The number of aliphatic hydroxyl groups is 1. The zero-order valence-electron chi connectivity index (χ0n) is 42.9. The van der Waals surface area contributed by atoms with Gasteiger partial charge in [0.25, 0.3) is 5.91 Å². The standard InChI is InChI=1S/C50H58F10N10O8/c1-47(2,49(55,56)57)40(63-45(74)76-5)42(72)62-37(15-26-7-9-27(10-8-26)28-11-12-39(61-19-28)69-21-30-18-31(69)20-68(30)32-24-78-25-32)38(71)23-67(66-43(73)41(64-46(75)77-6)48(3,4)50(58,59)60)22-33-34(51)16-29(17-35(33)52)36-13-14-70(65-36)44(53)54/h7-14,16-17,19,30-32,37-38,40-41,44,71H,15,18,20-25H2,1-6H3,(H,62,72)(H,63,74)(H,64,75)(H,66,73)/t30-,31-,37+,38+,40-,41-/m1/s1. The molecule has 6 atom stereocenters. The minimum Gasteiger partial charge on any atom is -0.453 e. The van der Waals surface area contributed by atoms with Crippen LogP contribution in [0.15, 0.2) is 67.0 Å². The van der Waals surface area contributed by atoms with E-state index < -0.39 is 115 Å². The number of anilines is 1. The number of nitrogens with zero attached hydrogens (tertiary/aromatic N) is 6. The van der Waals surface area contributed by atoms with Crippen molar-refractivity contribution >= 4 is 29.8 Å². The molecule has 18 nitrogen and oxygen atoms in total. The summed E-state index contributed by atoms with van der Waals surface area (Å²) in [5.74, 6) is -5.25. The lowest BCUT2D eigenvalue weighted by Crippen LogP contribution is -2.63. The number of piperazine rings is 1. The van der Waals surface area contributed by atoms with Gasteiger partial charge in [-0.2, -0.15) is 40.2 Å². The van der Waals surface area contributed by atoms with Gasteiger partial charge in [-0.3, -0.25) is 19.9 Å². The summed E-state index contributed by atoms with van der Waals surface area (Å²) < 4.78 is 160. The number of rotatable bonds is 20. The molecule has 78 heavy (non-hydrogen) atoms. The largest absolute Gasteiger partial charge is 0.453 e. The number of benzene rings is 2. The van der Waals surface area contributed by atoms with Gasteiger partial charge >= 0.3 is 31.1 Å². The molecule has 0 radical (unpaired) electrons. The number of hydrazine groups is 1. The van der Waals surface area contributed by atoms with Crippen LogP contribution in [0.1, 0.15) is 51.8 Å². The summed E-state index contributed by atoms with van der Waals surface area (Å²) in [6.45, 7) is 0.0804. The molecule has 2 bridgehead atoms. The number of hydrogen-bond donors (Lipinski definition) is 5. The Morgan fingerprint density at radius 2 is 1.35 bits per heavy atom. The minimum absolute atomic E-state index is 0.202. The van der Waals surface area contributed by atoms with Gasteiger partial charge in [0.15, 0.2) is 0 Å². The van der Waals surface area contributed by atoms with Crippen LogP contribution in [0.4, 0.5) is 59.3 Å². The van der Waals surface area contributed by atoms with Crippen LogP contribution in [0.5, 0.6) is 0 Å². The van der Waals surface area contributed by atoms with Gasteiger partial charge in [-0.05, 0) is 82.0 Å². The monoisotopic (exact) mass is 1120 g/mol. The van der Waals surface area contributed by atoms with Crippen molar-refractivity contribution in [3.63, 3.8) is 0 Å². The summed E-state index contributed by atoms with van der Waals surface area (Å²) in [6.07, 6.45) is -12.4. The highest BCUT2D eigenvalue weighted by Crippen LogP contribution is 2.42. The Morgan fingerprint density at radius 3 is 1.82 bits per heavy atom. The van der Waals surface area contributed by atoms with Crippen molar-refractivity contribution in [2.45, 2.75) is 108 Å². The van der Waals surface area contributed by atoms with Gasteiger partial charge in [-0.1, -0.05) is 24.3 Å². The van der Waals surface area contributed by atoms with Gasteiger partial charge in [0.05, 0.1) is 62.1 Å². The molecule has 5 heterocycles. The van der Waals surface area contributed by atoms with Crippen molar-refractivity contribution in [1.29, 1.82) is 0 Å². The van der Waals surface area contributed by atoms with E-state index in [1.807, 2.05) is 22.9 Å². The van der Waals surface area contributed by atoms with E-state index in [-0.39, 0.29) is 15.9 Å². The first-order chi connectivity index (χ1) is 36.5.